The van der Waals surface area contributed by atoms with Gasteiger partial charge in [0.25, 0.3) is 0 Å². The van der Waals surface area contributed by atoms with Crippen molar-refractivity contribution in [1.82, 2.24) is 24.4 Å². The van der Waals surface area contributed by atoms with Gasteiger partial charge in [-0.05, 0) is 23.4 Å². The van der Waals surface area contributed by atoms with E-state index in [0.717, 1.165) is 60.7 Å². The Balaban J connectivity index is 1.54. The SMILES string of the molecule is CC(C)C1CN(CCc2nc3c(N4CCOCC4)nc(Cl)nc3n2C)C1. The Morgan fingerprint density at radius 2 is 1.88 bits per heavy atom. The third kappa shape index (κ3) is 3.40. The van der Waals surface area contributed by atoms with Gasteiger partial charge in [-0.15, -0.1) is 0 Å². The molecular weight excluding hydrogens is 352 g/mol. The van der Waals surface area contributed by atoms with E-state index < -0.39 is 0 Å². The summed E-state index contributed by atoms with van der Waals surface area (Å²) in [4.78, 5) is 18.5. The highest BCUT2D eigenvalue weighted by molar-refractivity contribution is 6.28. The molecule has 26 heavy (non-hydrogen) atoms. The predicted molar refractivity (Wildman–Crippen MR) is 103 cm³/mol. The summed E-state index contributed by atoms with van der Waals surface area (Å²) in [5.41, 5.74) is 1.66. The van der Waals surface area contributed by atoms with Crippen molar-refractivity contribution in [3.63, 3.8) is 0 Å². The van der Waals surface area contributed by atoms with Crippen LogP contribution in [-0.2, 0) is 18.2 Å². The lowest BCUT2D eigenvalue weighted by atomic mass is 9.88. The summed E-state index contributed by atoms with van der Waals surface area (Å²) < 4.78 is 7.51. The smallest absolute Gasteiger partial charge is 0.226 e. The van der Waals surface area contributed by atoms with E-state index in [2.05, 4.69) is 38.2 Å². The molecule has 0 aliphatic carbocycles. The van der Waals surface area contributed by atoms with Crippen molar-refractivity contribution < 1.29 is 4.74 Å². The van der Waals surface area contributed by atoms with E-state index in [4.69, 9.17) is 21.3 Å². The van der Waals surface area contributed by atoms with Crippen LogP contribution in [-0.4, -0.2) is 70.4 Å². The fourth-order valence-electron chi connectivity index (χ4n) is 3.76. The van der Waals surface area contributed by atoms with Gasteiger partial charge in [0.15, 0.2) is 17.0 Å². The third-order valence-corrected chi connectivity index (χ3v) is 5.83. The summed E-state index contributed by atoms with van der Waals surface area (Å²) in [5, 5.41) is 0.274. The Morgan fingerprint density at radius 1 is 1.15 bits per heavy atom. The number of imidazole rings is 1. The second-order valence-electron chi connectivity index (χ2n) is 7.69. The molecule has 2 aromatic heterocycles. The van der Waals surface area contributed by atoms with Gasteiger partial charge >= 0.3 is 0 Å². The molecule has 2 aliphatic rings. The molecule has 2 saturated heterocycles. The van der Waals surface area contributed by atoms with Crippen LogP contribution in [0.5, 0.6) is 0 Å². The summed E-state index contributed by atoms with van der Waals surface area (Å²) in [7, 11) is 2.02. The van der Waals surface area contributed by atoms with Crippen LogP contribution in [0.15, 0.2) is 0 Å². The Kier molecular flexibility index (Phi) is 5.03. The molecule has 0 spiro atoms. The van der Waals surface area contributed by atoms with Crippen LogP contribution < -0.4 is 4.90 Å². The van der Waals surface area contributed by atoms with Crippen molar-refractivity contribution in [1.29, 1.82) is 0 Å². The van der Waals surface area contributed by atoms with Gasteiger partial charge in [0.2, 0.25) is 5.28 Å². The van der Waals surface area contributed by atoms with Crippen molar-refractivity contribution in [2.24, 2.45) is 18.9 Å². The van der Waals surface area contributed by atoms with E-state index in [1.54, 1.807) is 0 Å². The maximum Gasteiger partial charge on any atom is 0.226 e. The molecule has 0 atom stereocenters. The number of fused-ring (bicyclic) bond motifs is 1. The maximum absolute atomic E-state index is 6.20. The van der Waals surface area contributed by atoms with Gasteiger partial charge in [-0.1, -0.05) is 13.8 Å². The average Bonchev–Trinajstić information content (AvgIpc) is 2.90. The Hall–Kier alpha value is -1.44. The Bertz CT molecular complexity index is 780. The first-order chi connectivity index (χ1) is 12.5. The van der Waals surface area contributed by atoms with Crippen molar-refractivity contribution in [2.45, 2.75) is 20.3 Å². The van der Waals surface area contributed by atoms with E-state index in [-0.39, 0.29) is 5.28 Å². The minimum Gasteiger partial charge on any atom is -0.378 e. The van der Waals surface area contributed by atoms with E-state index in [0.29, 0.717) is 13.2 Å². The molecule has 4 heterocycles. The number of anilines is 1. The van der Waals surface area contributed by atoms with E-state index in [1.807, 2.05) is 7.05 Å². The molecule has 0 N–H and O–H groups in total. The largest absolute Gasteiger partial charge is 0.378 e. The van der Waals surface area contributed by atoms with Gasteiger partial charge < -0.3 is 19.1 Å². The second-order valence-corrected chi connectivity index (χ2v) is 8.03. The lowest BCUT2D eigenvalue weighted by Crippen LogP contribution is -2.49. The molecule has 0 bridgehead atoms. The Morgan fingerprint density at radius 3 is 2.58 bits per heavy atom. The number of halogens is 1. The normalized spacial score (nSPS) is 19.5. The predicted octanol–water partition coefficient (Wildman–Crippen LogP) is 1.98. The lowest BCUT2D eigenvalue weighted by Gasteiger charge is -2.41. The molecule has 8 heteroatoms. The molecule has 0 saturated carbocycles. The fourth-order valence-corrected chi connectivity index (χ4v) is 3.92. The van der Waals surface area contributed by atoms with Crippen molar-refractivity contribution >= 4 is 28.6 Å². The molecule has 2 fully saturated rings. The third-order valence-electron chi connectivity index (χ3n) is 5.66. The zero-order valence-electron chi connectivity index (χ0n) is 15.8. The number of likely N-dealkylation sites (tertiary alicyclic amines) is 1. The molecule has 2 aliphatic heterocycles. The fraction of sp³-hybridized carbons (Fsp3) is 0.722. The highest BCUT2D eigenvalue weighted by atomic mass is 35.5. The van der Waals surface area contributed by atoms with Gasteiger partial charge in [0.1, 0.15) is 5.82 Å². The number of ether oxygens (including phenoxy) is 1. The number of hydrogen-bond donors (Lipinski definition) is 0. The van der Waals surface area contributed by atoms with Crippen LogP contribution >= 0.6 is 11.6 Å². The topological polar surface area (TPSA) is 59.3 Å². The van der Waals surface area contributed by atoms with Crippen LogP contribution in [0.4, 0.5) is 5.82 Å². The quantitative estimate of drug-likeness (QED) is 0.741. The average molecular weight is 379 g/mol. The molecule has 0 aromatic carbocycles. The van der Waals surface area contributed by atoms with Crippen LogP contribution in [0.25, 0.3) is 11.2 Å². The summed E-state index contributed by atoms with van der Waals surface area (Å²) >= 11 is 6.20. The van der Waals surface area contributed by atoms with Crippen molar-refractivity contribution in [2.75, 3.05) is 50.8 Å². The van der Waals surface area contributed by atoms with Gasteiger partial charge in [0, 0.05) is 46.2 Å². The summed E-state index contributed by atoms with van der Waals surface area (Å²) in [5.74, 6) is 3.48. The summed E-state index contributed by atoms with van der Waals surface area (Å²) in [6.45, 7) is 11.1. The highest BCUT2D eigenvalue weighted by Crippen LogP contribution is 2.27. The van der Waals surface area contributed by atoms with Crippen molar-refractivity contribution in [3.05, 3.63) is 11.1 Å². The molecule has 4 rings (SSSR count). The molecular formula is C18H27ClN6O. The zero-order valence-corrected chi connectivity index (χ0v) is 16.5. The molecule has 0 unspecified atom stereocenters. The Labute approximate surface area is 159 Å². The van der Waals surface area contributed by atoms with Crippen molar-refractivity contribution in [3.8, 4) is 0 Å². The number of aromatic nitrogens is 4. The molecule has 142 valence electrons. The number of rotatable bonds is 5. The van der Waals surface area contributed by atoms with Crippen LogP contribution in [0.1, 0.15) is 19.7 Å². The summed E-state index contributed by atoms with van der Waals surface area (Å²) in [6.07, 6.45) is 0.915. The maximum atomic E-state index is 6.20. The first-order valence-electron chi connectivity index (χ1n) is 9.47. The number of aryl methyl sites for hydroxylation is 1. The zero-order chi connectivity index (χ0) is 18.3. The van der Waals surface area contributed by atoms with E-state index >= 15 is 0 Å². The highest BCUT2D eigenvalue weighted by Gasteiger charge is 2.29. The number of nitrogens with zero attached hydrogens (tertiary/aromatic N) is 6. The van der Waals surface area contributed by atoms with Gasteiger partial charge in [-0.3, -0.25) is 0 Å². The van der Waals surface area contributed by atoms with Gasteiger partial charge in [-0.2, -0.15) is 9.97 Å². The lowest BCUT2D eigenvalue weighted by molar-refractivity contribution is 0.0694. The number of hydrogen-bond acceptors (Lipinski definition) is 6. The van der Waals surface area contributed by atoms with E-state index in [1.165, 1.54) is 13.1 Å². The minimum absolute atomic E-state index is 0.274. The molecule has 2 aromatic rings. The standard InChI is InChI=1S/C18H27ClN6O/c1-12(2)13-10-24(11-13)5-4-14-20-15-16(23(14)3)21-18(19)22-17(15)25-6-8-26-9-7-25/h12-13H,4-11H2,1-3H3. The molecule has 7 nitrogen and oxygen atoms in total. The van der Waals surface area contributed by atoms with E-state index in [9.17, 15) is 0 Å². The van der Waals surface area contributed by atoms with Gasteiger partial charge in [0.05, 0.1) is 13.2 Å². The van der Waals surface area contributed by atoms with Gasteiger partial charge in [-0.25, -0.2) is 4.98 Å². The first kappa shape index (κ1) is 17.9. The molecule has 0 radical (unpaired) electrons. The van der Waals surface area contributed by atoms with Crippen LogP contribution in [0.3, 0.4) is 0 Å². The van der Waals surface area contributed by atoms with Crippen LogP contribution in [0, 0.1) is 11.8 Å². The van der Waals surface area contributed by atoms with Crippen LogP contribution in [0.2, 0.25) is 5.28 Å². The summed E-state index contributed by atoms with van der Waals surface area (Å²) in [6, 6.07) is 0. The minimum atomic E-state index is 0.274. The first-order valence-corrected chi connectivity index (χ1v) is 9.84. The second kappa shape index (κ2) is 7.29. The number of morpholine rings is 1. The molecule has 0 amide bonds. The monoisotopic (exact) mass is 378 g/mol.